The lowest BCUT2D eigenvalue weighted by Gasteiger charge is -1.90. The Morgan fingerprint density at radius 2 is 2.70 bits per heavy atom. The molecule has 0 saturated carbocycles. The van der Waals surface area contributed by atoms with Crippen molar-refractivity contribution in [2.45, 2.75) is 6.54 Å². The molecule has 0 fully saturated rings. The zero-order valence-corrected chi connectivity index (χ0v) is 5.79. The highest BCUT2D eigenvalue weighted by Gasteiger charge is 2.11. The van der Waals surface area contributed by atoms with Gasteiger partial charge in [0, 0.05) is 12.6 Å². The number of hydrogen-bond acceptors (Lipinski definition) is 3. The van der Waals surface area contributed by atoms with Crippen molar-refractivity contribution in [1.82, 2.24) is 9.78 Å². The molecule has 0 atom stereocenters. The summed E-state index contributed by atoms with van der Waals surface area (Å²) in [6.07, 6.45) is 0. The summed E-state index contributed by atoms with van der Waals surface area (Å²) in [6.45, 7) is 1.92. The van der Waals surface area contributed by atoms with Crippen LogP contribution < -0.4 is 10.1 Å². The predicted molar refractivity (Wildman–Crippen MR) is 37.3 cm³/mol. The third-order valence-corrected chi connectivity index (χ3v) is 1.60. The van der Waals surface area contributed by atoms with Crippen molar-refractivity contribution in [2.24, 2.45) is 0 Å². The van der Waals surface area contributed by atoms with Crippen molar-refractivity contribution < 1.29 is 4.74 Å². The predicted octanol–water partition coefficient (Wildman–Crippen LogP) is 0.317. The molecule has 0 radical (unpaired) electrons. The molecule has 0 aliphatic carbocycles. The molecule has 2 heterocycles. The van der Waals surface area contributed by atoms with Crippen LogP contribution in [0.3, 0.4) is 0 Å². The van der Waals surface area contributed by atoms with Crippen LogP contribution in [0.15, 0.2) is 6.07 Å². The summed E-state index contributed by atoms with van der Waals surface area (Å²) in [7, 11) is 1.62. The van der Waals surface area contributed by atoms with Crippen molar-refractivity contribution in [2.75, 3.05) is 19.0 Å². The first-order valence-electron chi connectivity index (χ1n) is 3.26. The fourth-order valence-electron chi connectivity index (χ4n) is 1.10. The Bertz CT molecular complexity index is 222. The molecule has 0 saturated heterocycles. The minimum absolute atomic E-state index is 0.683. The molecule has 4 nitrogen and oxygen atoms in total. The van der Waals surface area contributed by atoms with E-state index in [1.807, 2.05) is 10.7 Å². The Kier molecular flexibility index (Phi) is 1.06. The van der Waals surface area contributed by atoms with E-state index in [1.165, 1.54) is 0 Å². The maximum atomic E-state index is 4.94. The van der Waals surface area contributed by atoms with Crippen LogP contribution in [-0.4, -0.2) is 23.4 Å². The number of nitrogens with one attached hydrogen (secondary N) is 1. The molecule has 1 aromatic heterocycles. The average molecular weight is 139 g/mol. The number of rotatable bonds is 1. The fourth-order valence-corrected chi connectivity index (χ4v) is 1.10. The lowest BCUT2D eigenvalue weighted by atomic mass is 10.6. The van der Waals surface area contributed by atoms with E-state index in [4.69, 9.17) is 4.74 Å². The molecular formula is C6H9N3O. The molecular weight excluding hydrogens is 130 g/mol. The van der Waals surface area contributed by atoms with Gasteiger partial charge in [0.2, 0.25) is 5.88 Å². The molecule has 0 bridgehead atoms. The van der Waals surface area contributed by atoms with Gasteiger partial charge in [-0.2, -0.15) is 0 Å². The number of aromatic nitrogens is 2. The average Bonchev–Trinajstić information content (AvgIpc) is 2.42. The second kappa shape index (κ2) is 1.90. The molecule has 0 unspecified atom stereocenters. The van der Waals surface area contributed by atoms with Crippen LogP contribution in [0.2, 0.25) is 0 Å². The van der Waals surface area contributed by atoms with E-state index in [2.05, 4.69) is 10.4 Å². The Hall–Kier alpha value is -1.19. The summed E-state index contributed by atoms with van der Waals surface area (Å²) in [6, 6.07) is 1.90. The number of nitrogens with zero attached hydrogens (tertiary/aromatic N) is 2. The molecule has 1 aromatic rings. The maximum absolute atomic E-state index is 4.94. The van der Waals surface area contributed by atoms with Gasteiger partial charge in [-0.3, -0.25) is 0 Å². The molecule has 0 spiro atoms. The summed E-state index contributed by atoms with van der Waals surface area (Å²) in [5.74, 6) is 1.74. The van der Waals surface area contributed by atoms with Gasteiger partial charge >= 0.3 is 0 Å². The number of fused-ring (bicyclic) bond motifs is 1. The number of ether oxygens (including phenoxy) is 1. The van der Waals surface area contributed by atoms with E-state index in [9.17, 15) is 0 Å². The van der Waals surface area contributed by atoms with Crippen molar-refractivity contribution in [3.05, 3.63) is 6.07 Å². The Labute approximate surface area is 58.8 Å². The highest BCUT2D eigenvalue weighted by molar-refractivity contribution is 5.41. The van der Waals surface area contributed by atoms with E-state index in [0.29, 0.717) is 5.88 Å². The molecule has 2 rings (SSSR count). The van der Waals surface area contributed by atoms with Gasteiger partial charge in [0.05, 0.1) is 13.7 Å². The monoisotopic (exact) mass is 139 g/mol. The summed E-state index contributed by atoms with van der Waals surface area (Å²) < 4.78 is 6.84. The van der Waals surface area contributed by atoms with Crippen molar-refractivity contribution >= 4 is 5.82 Å². The fraction of sp³-hybridized carbons (Fsp3) is 0.500. The summed E-state index contributed by atoms with van der Waals surface area (Å²) in [4.78, 5) is 0. The number of anilines is 1. The second-order valence-corrected chi connectivity index (χ2v) is 2.22. The van der Waals surface area contributed by atoms with Crippen LogP contribution in [0, 0.1) is 0 Å². The zero-order chi connectivity index (χ0) is 6.97. The lowest BCUT2D eigenvalue weighted by Crippen LogP contribution is -1.96. The molecule has 54 valence electrons. The van der Waals surface area contributed by atoms with E-state index < -0.39 is 0 Å². The first-order valence-corrected chi connectivity index (χ1v) is 3.26. The molecule has 1 N–H and O–H groups in total. The second-order valence-electron chi connectivity index (χ2n) is 2.22. The minimum atomic E-state index is 0.683. The van der Waals surface area contributed by atoms with Crippen LogP contribution >= 0.6 is 0 Å². The van der Waals surface area contributed by atoms with Crippen LogP contribution in [0.4, 0.5) is 5.82 Å². The smallest absolute Gasteiger partial charge is 0.234 e. The van der Waals surface area contributed by atoms with Crippen LogP contribution in [-0.2, 0) is 6.54 Å². The van der Waals surface area contributed by atoms with Gasteiger partial charge in [0.1, 0.15) is 5.82 Å². The third-order valence-electron chi connectivity index (χ3n) is 1.60. The van der Waals surface area contributed by atoms with E-state index >= 15 is 0 Å². The number of hydrogen-bond donors (Lipinski definition) is 1. The lowest BCUT2D eigenvalue weighted by molar-refractivity contribution is 0.390. The quantitative estimate of drug-likeness (QED) is 0.609. The zero-order valence-electron chi connectivity index (χ0n) is 5.79. The highest BCUT2D eigenvalue weighted by atomic mass is 16.5. The normalized spacial score (nSPS) is 14.5. The maximum Gasteiger partial charge on any atom is 0.234 e. The molecule has 1 aliphatic rings. The van der Waals surface area contributed by atoms with E-state index in [-0.39, 0.29) is 0 Å². The van der Waals surface area contributed by atoms with Crippen LogP contribution in [0.1, 0.15) is 0 Å². The van der Waals surface area contributed by atoms with Gasteiger partial charge in [-0.1, -0.05) is 0 Å². The SMILES string of the molecule is COc1cc2n(n1)CCN2. The van der Waals surface area contributed by atoms with Crippen LogP contribution in [0.5, 0.6) is 5.88 Å². The Morgan fingerprint density at radius 3 is 3.40 bits per heavy atom. The van der Waals surface area contributed by atoms with Gasteiger partial charge in [-0.25, -0.2) is 4.68 Å². The van der Waals surface area contributed by atoms with Gasteiger partial charge in [-0.05, 0) is 0 Å². The standard InChI is InChI=1S/C6H9N3O/c1-10-6-4-5-7-2-3-9(5)8-6/h4,7H,2-3H2,1H3. The van der Waals surface area contributed by atoms with Crippen molar-refractivity contribution in [1.29, 1.82) is 0 Å². The highest BCUT2D eigenvalue weighted by Crippen LogP contribution is 2.19. The Morgan fingerprint density at radius 1 is 1.80 bits per heavy atom. The van der Waals surface area contributed by atoms with Gasteiger partial charge in [0.15, 0.2) is 0 Å². The van der Waals surface area contributed by atoms with E-state index in [1.54, 1.807) is 7.11 Å². The molecule has 0 amide bonds. The molecule has 10 heavy (non-hydrogen) atoms. The van der Waals surface area contributed by atoms with Crippen molar-refractivity contribution in [3.63, 3.8) is 0 Å². The number of methoxy groups -OCH3 is 1. The largest absolute Gasteiger partial charge is 0.480 e. The summed E-state index contributed by atoms with van der Waals surface area (Å²) in [5.41, 5.74) is 0. The van der Waals surface area contributed by atoms with Gasteiger partial charge < -0.3 is 10.1 Å². The molecule has 1 aliphatic heterocycles. The molecule has 0 aromatic carbocycles. The summed E-state index contributed by atoms with van der Waals surface area (Å²) >= 11 is 0. The Balaban J connectivity index is 2.37. The van der Waals surface area contributed by atoms with Gasteiger partial charge in [0.25, 0.3) is 0 Å². The van der Waals surface area contributed by atoms with E-state index in [0.717, 1.165) is 18.9 Å². The topological polar surface area (TPSA) is 39.1 Å². The summed E-state index contributed by atoms with van der Waals surface area (Å²) in [5, 5.41) is 7.32. The third kappa shape index (κ3) is 0.650. The first kappa shape index (κ1) is 5.58. The van der Waals surface area contributed by atoms with Gasteiger partial charge in [-0.15, -0.1) is 5.10 Å². The van der Waals surface area contributed by atoms with Crippen molar-refractivity contribution in [3.8, 4) is 5.88 Å². The van der Waals surface area contributed by atoms with Crippen LogP contribution in [0.25, 0.3) is 0 Å². The molecule has 4 heteroatoms. The minimum Gasteiger partial charge on any atom is -0.480 e. The first-order chi connectivity index (χ1) is 4.90.